The summed E-state index contributed by atoms with van der Waals surface area (Å²) in [5.41, 5.74) is 4.73. The van der Waals surface area contributed by atoms with Crippen molar-refractivity contribution < 1.29 is 10.0 Å². The zero-order chi connectivity index (χ0) is 17.3. The lowest BCUT2D eigenvalue weighted by Gasteiger charge is -2.15. The monoisotopic (exact) mass is 332 g/mol. The number of carbonyl (C=O) groups is 1. The van der Waals surface area contributed by atoms with Gasteiger partial charge in [0.05, 0.1) is 11.1 Å². The number of hydrogen-bond acceptors (Lipinski definition) is 5. The number of nitrogens with one attached hydrogen (secondary N) is 1. The number of rotatable bonds is 4. The Kier molecular flexibility index (Phi) is 3.74. The van der Waals surface area contributed by atoms with Gasteiger partial charge in [0, 0.05) is 29.7 Å². The average Bonchev–Trinajstić information content (AvgIpc) is 3.50. The van der Waals surface area contributed by atoms with Crippen LogP contribution in [0.25, 0.3) is 11.3 Å². The van der Waals surface area contributed by atoms with Crippen LogP contribution in [0.1, 0.15) is 34.6 Å². The molecule has 1 saturated carbocycles. The predicted octanol–water partition coefficient (Wildman–Crippen LogP) is 2.74. The number of carbonyl (C=O) groups excluding carboxylic acids is 1. The number of nitrogens with zero attached hydrogens (tertiary/aromatic N) is 3. The van der Waals surface area contributed by atoms with Gasteiger partial charge in [0.2, 0.25) is 0 Å². The number of benzene rings is 1. The van der Waals surface area contributed by atoms with Gasteiger partial charge in [-0.15, -0.1) is 0 Å². The Morgan fingerprint density at radius 3 is 2.52 bits per heavy atom. The molecule has 2 aromatic heterocycles. The van der Waals surface area contributed by atoms with Gasteiger partial charge in [0.1, 0.15) is 5.82 Å². The quantitative estimate of drug-likeness (QED) is 0.566. The van der Waals surface area contributed by atoms with Crippen molar-refractivity contribution in [2.45, 2.75) is 18.3 Å². The maximum absolute atomic E-state index is 11.5. The first kappa shape index (κ1) is 15.4. The van der Waals surface area contributed by atoms with E-state index in [1.54, 1.807) is 36.2 Å². The topological polar surface area (TPSA) is 88.0 Å². The third-order valence-corrected chi connectivity index (χ3v) is 4.59. The zero-order valence-corrected chi connectivity index (χ0v) is 13.4. The van der Waals surface area contributed by atoms with Crippen LogP contribution in [0.4, 0.5) is 0 Å². The maximum Gasteiger partial charge on any atom is 0.274 e. The summed E-state index contributed by atoms with van der Waals surface area (Å²) in [6.45, 7) is 0. The van der Waals surface area contributed by atoms with Crippen molar-refractivity contribution in [2.24, 2.45) is 0 Å². The highest BCUT2D eigenvalue weighted by atomic mass is 16.5. The third kappa shape index (κ3) is 2.77. The van der Waals surface area contributed by atoms with Gasteiger partial charge in [-0.2, -0.15) is 0 Å². The third-order valence-electron chi connectivity index (χ3n) is 4.59. The van der Waals surface area contributed by atoms with Gasteiger partial charge < -0.3 is 0 Å². The Bertz CT molecular complexity index is 906. The molecular weight excluding hydrogens is 316 g/mol. The molecule has 2 N–H and O–H groups in total. The molecule has 0 saturated heterocycles. The molecule has 1 aliphatic rings. The van der Waals surface area contributed by atoms with Crippen LogP contribution in [-0.4, -0.2) is 26.1 Å². The van der Waals surface area contributed by atoms with Gasteiger partial charge in [-0.3, -0.25) is 15.0 Å². The first-order valence-electron chi connectivity index (χ1n) is 8.02. The van der Waals surface area contributed by atoms with Crippen LogP contribution in [0.5, 0.6) is 0 Å². The second-order valence-corrected chi connectivity index (χ2v) is 6.11. The van der Waals surface area contributed by atoms with Crippen LogP contribution in [0, 0.1) is 0 Å². The van der Waals surface area contributed by atoms with Gasteiger partial charge in [-0.05, 0) is 48.7 Å². The van der Waals surface area contributed by atoms with Gasteiger partial charge in [-0.25, -0.2) is 15.4 Å². The number of aromatic nitrogens is 3. The Balaban J connectivity index is 1.68. The number of amides is 1. The molecule has 0 atom stereocenters. The molecular formula is C19H16N4O2. The van der Waals surface area contributed by atoms with Gasteiger partial charge in [0.15, 0.2) is 0 Å². The van der Waals surface area contributed by atoms with E-state index >= 15 is 0 Å². The summed E-state index contributed by atoms with van der Waals surface area (Å²) in [4.78, 5) is 24.9. The molecule has 6 heteroatoms. The molecule has 0 aliphatic heterocycles. The minimum absolute atomic E-state index is 0.202. The highest BCUT2D eigenvalue weighted by Crippen LogP contribution is 2.52. The Hall–Kier alpha value is -3.12. The molecule has 1 amide bonds. The van der Waals surface area contributed by atoms with Gasteiger partial charge >= 0.3 is 0 Å². The van der Waals surface area contributed by atoms with Crippen molar-refractivity contribution >= 4 is 5.91 Å². The van der Waals surface area contributed by atoms with Crippen LogP contribution in [0.15, 0.2) is 61.1 Å². The highest BCUT2D eigenvalue weighted by Gasteiger charge is 2.48. The van der Waals surface area contributed by atoms with Crippen LogP contribution < -0.4 is 5.48 Å². The summed E-state index contributed by atoms with van der Waals surface area (Å²) in [6, 6.07) is 12.9. The SMILES string of the molecule is O=C(NO)c1ccc(C2(c3nccc(-c4cccnc4)n3)CC2)cc1. The Morgan fingerprint density at radius 1 is 1.08 bits per heavy atom. The fourth-order valence-corrected chi connectivity index (χ4v) is 3.04. The van der Waals surface area contributed by atoms with Crippen molar-refractivity contribution in [1.29, 1.82) is 0 Å². The van der Waals surface area contributed by atoms with E-state index in [4.69, 9.17) is 10.2 Å². The second kappa shape index (κ2) is 6.07. The number of hydrogen-bond donors (Lipinski definition) is 2. The molecule has 0 unspecified atom stereocenters. The molecule has 0 spiro atoms. The standard InChI is InChI=1S/C19H16N4O2/c24-17(23-25)13-3-5-15(6-4-13)19(8-9-19)18-21-11-7-16(22-18)14-2-1-10-20-12-14/h1-7,10-12,25H,8-9H2,(H,23,24). The van der Waals surface area contributed by atoms with E-state index in [0.29, 0.717) is 5.56 Å². The predicted molar refractivity (Wildman–Crippen MR) is 91.0 cm³/mol. The molecule has 1 aromatic carbocycles. The zero-order valence-electron chi connectivity index (χ0n) is 13.4. The minimum Gasteiger partial charge on any atom is -0.288 e. The van der Waals surface area contributed by atoms with Gasteiger partial charge in [0.25, 0.3) is 5.91 Å². The first-order chi connectivity index (χ1) is 12.2. The molecule has 1 aliphatic carbocycles. The highest BCUT2D eigenvalue weighted by molar-refractivity contribution is 5.93. The van der Waals surface area contributed by atoms with E-state index in [2.05, 4.69) is 9.97 Å². The summed E-state index contributed by atoms with van der Waals surface area (Å²) in [5.74, 6) is 0.263. The second-order valence-electron chi connectivity index (χ2n) is 6.11. The fourth-order valence-electron chi connectivity index (χ4n) is 3.04. The lowest BCUT2D eigenvalue weighted by Crippen LogP contribution is -2.19. The van der Waals surface area contributed by atoms with Crippen molar-refractivity contribution in [3.63, 3.8) is 0 Å². The van der Waals surface area contributed by atoms with Crippen molar-refractivity contribution in [3.8, 4) is 11.3 Å². The van der Waals surface area contributed by atoms with E-state index in [1.165, 1.54) is 0 Å². The lowest BCUT2D eigenvalue weighted by molar-refractivity contribution is 0.0706. The molecule has 1 fully saturated rings. The van der Waals surface area contributed by atoms with E-state index in [-0.39, 0.29) is 5.41 Å². The van der Waals surface area contributed by atoms with Crippen LogP contribution in [0.3, 0.4) is 0 Å². The number of pyridine rings is 1. The van der Waals surface area contributed by atoms with Crippen molar-refractivity contribution in [2.75, 3.05) is 0 Å². The van der Waals surface area contributed by atoms with Gasteiger partial charge in [-0.1, -0.05) is 12.1 Å². The van der Waals surface area contributed by atoms with E-state index in [0.717, 1.165) is 35.5 Å². The summed E-state index contributed by atoms with van der Waals surface area (Å²) in [6.07, 6.45) is 7.23. The smallest absolute Gasteiger partial charge is 0.274 e. The molecule has 0 radical (unpaired) electrons. The molecule has 25 heavy (non-hydrogen) atoms. The van der Waals surface area contributed by atoms with E-state index in [1.807, 2.05) is 30.3 Å². The maximum atomic E-state index is 11.5. The molecule has 4 rings (SSSR count). The summed E-state index contributed by atoms with van der Waals surface area (Å²) < 4.78 is 0. The molecule has 2 heterocycles. The van der Waals surface area contributed by atoms with Crippen LogP contribution >= 0.6 is 0 Å². The van der Waals surface area contributed by atoms with Crippen LogP contribution in [-0.2, 0) is 5.41 Å². The van der Waals surface area contributed by atoms with Crippen molar-refractivity contribution in [3.05, 3.63) is 78.0 Å². The summed E-state index contributed by atoms with van der Waals surface area (Å²) >= 11 is 0. The van der Waals surface area contributed by atoms with E-state index in [9.17, 15) is 4.79 Å². The average molecular weight is 332 g/mol. The van der Waals surface area contributed by atoms with E-state index < -0.39 is 5.91 Å². The summed E-state index contributed by atoms with van der Waals surface area (Å²) in [7, 11) is 0. The molecule has 124 valence electrons. The number of hydroxylamine groups is 1. The summed E-state index contributed by atoms with van der Waals surface area (Å²) in [5, 5.41) is 8.72. The molecule has 6 nitrogen and oxygen atoms in total. The normalized spacial score (nSPS) is 14.8. The first-order valence-corrected chi connectivity index (χ1v) is 8.02. The Labute approximate surface area is 144 Å². The Morgan fingerprint density at radius 2 is 1.88 bits per heavy atom. The minimum atomic E-state index is -0.522. The fraction of sp³-hybridized carbons (Fsp3) is 0.158. The largest absolute Gasteiger partial charge is 0.288 e. The molecule has 3 aromatic rings. The lowest BCUT2D eigenvalue weighted by atomic mass is 9.93. The molecule has 0 bridgehead atoms. The van der Waals surface area contributed by atoms with Crippen molar-refractivity contribution in [1.82, 2.24) is 20.4 Å². The van der Waals surface area contributed by atoms with Crippen LogP contribution in [0.2, 0.25) is 0 Å².